The Morgan fingerprint density at radius 3 is 2.37 bits per heavy atom. The van der Waals surface area contributed by atoms with Gasteiger partial charge in [-0.1, -0.05) is 67.4 Å². The number of hydrogen-bond donors (Lipinski definition) is 1. The normalized spacial score (nSPS) is 12.9. The summed E-state index contributed by atoms with van der Waals surface area (Å²) in [5.74, 6) is 0.541. The third-order valence-electron chi connectivity index (χ3n) is 7.16. The Balaban J connectivity index is 1.56. The van der Waals surface area contributed by atoms with Gasteiger partial charge in [0, 0.05) is 43.6 Å². The molecule has 0 saturated carbocycles. The van der Waals surface area contributed by atoms with Crippen LogP contribution in [0, 0.1) is 0 Å². The van der Waals surface area contributed by atoms with E-state index in [2.05, 4.69) is 5.32 Å². The van der Waals surface area contributed by atoms with Crippen LogP contribution in [0.4, 0.5) is 5.69 Å². The lowest BCUT2D eigenvalue weighted by molar-refractivity contribution is -0.141. The van der Waals surface area contributed by atoms with Gasteiger partial charge < -0.3 is 19.7 Å². The standard InChI is InChI=1S/C32H38ClN3O6S/c1-3-4-18-34-32(38)28(20-24-9-6-5-7-10-24)35(22-25-12-14-26(33)15-13-25)31(37)11-8-19-36(43(2,39)40)27-16-17-29-30(21-27)42-23-41-29/h5-7,9-10,12-17,21,28H,3-4,8,11,18-20,22-23H2,1-2H3,(H,34,38)/t28-/m0/s1. The molecule has 9 nitrogen and oxygen atoms in total. The lowest BCUT2D eigenvalue weighted by Gasteiger charge is -2.32. The fourth-order valence-corrected chi connectivity index (χ4v) is 5.97. The number of sulfonamides is 1. The fourth-order valence-electron chi connectivity index (χ4n) is 4.89. The monoisotopic (exact) mass is 627 g/mol. The second kappa shape index (κ2) is 15.1. The van der Waals surface area contributed by atoms with Gasteiger partial charge in [-0.15, -0.1) is 0 Å². The van der Waals surface area contributed by atoms with E-state index >= 15 is 0 Å². The maximum atomic E-state index is 13.9. The van der Waals surface area contributed by atoms with Gasteiger partial charge in [-0.25, -0.2) is 8.42 Å². The van der Waals surface area contributed by atoms with Crippen LogP contribution in [0.25, 0.3) is 0 Å². The van der Waals surface area contributed by atoms with Crippen molar-refractivity contribution in [2.24, 2.45) is 0 Å². The van der Waals surface area contributed by atoms with Gasteiger partial charge in [0.25, 0.3) is 0 Å². The Labute approximate surface area is 258 Å². The molecule has 43 heavy (non-hydrogen) atoms. The van der Waals surface area contributed by atoms with Gasteiger partial charge in [0.05, 0.1) is 11.9 Å². The second-order valence-corrected chi connectivity index (χ2v) is 12.8. The van der Waals surface area contributed by atoms with E-state index in [4.69, 9.17) is 21.1 Å². The predicted molar refractivity (Wildman–Crippen MR) is 168 cm³/mol. The van der Waals surface area contributed by atoms with Crippen molar-refractivity contribution in [1.29, 1.82) is 0 Å². The molecule has 0 bridgehead atoms. The summed E-state index contributed by atoms with van der Waals surface area (Å²) in [6, 6.07) is 20.9. The van der Waals surface area contributed by atoms with E-state index in [9.17, 15) is 18.0 Å². The van der Waals surface area contributed by atoms with Crippen molar-refractivity contribution >= 4 is 39.1 Å². The lowest BCUT2D eigenvalue weighted by Crippen LogP contribution is -2.50. The second-order valence-electron chi connectivity index (χ2n) is 10.5. The molecule has 0 radical (unpaired) electrons. The molecule has 3 aromatic rings. The maximum Gasteiger partial charge on any atom is 0.243 e. The number of rotatable bonds is 15. The quantitative estimate of drug-likeness (QED) is 0.233. The Hall–Kier alpha value is -3.76. The molecule has 0 aromatic heterocycles. The summed E-state index contributed by atoms with van der Waals surface area (Å²) in [7, 11) is -3.65. The molecule has 1 heterocycles. The van der Waals surface area contributed by atoms with Crippen molar-refractivity contribution in [2.45, 2.75) is 51.6 Å². The summed E-state index contributed by atoms with van der Waals surface area (Å²) in [5, 5.41) is 3.58. The van der Waals surface area contributed by atoms with E-state index in [1.165, 1.54) is 4.31 Å². The average molecular weight is 628 g/mol. The van der Waals surface area contributed by atoms with Crippen molar-refractivity contribution in [3.63, 3.8) is 0 Å². The molecule has 3 aromatic carbocycles. The van der Waals surface area contributed by atoms with Gasteiger partial charge in [-0.05, 0) is 48.2 Å². The van der Waals surface area contributed by atoms with Crippen molar-refractivity contribution in [3.8, 4) is 11.5 Å². The molecule has 2 amide bonds. The number of anilines is 1. The number of carbonyl (C=O) groups excluding carboxylic acids is 2. The molecular weight excluding hydrogens is 590 g/mol. The third kappa shape index (κ3) is 9.11. The highest BCUT2D eigenvalue weighted by molar-refractivity contribution is 7.92. The summed E-state index contributed by atoms with van der Waals surface area (Å²) < 4.78 is 37.5. The first-order valence-electron chi connectivity index (χ1n) is 14.4. The Bertz CT molecular complexity index is 1480. The molecule has 0 aliphatic carbocycles. The first-order chi connectivity index (χ1) is 20.7. The minimum absolute atomic E-state index is 0.0394. The topological polar surface area (TPSA) is 105 Å². The molecule has 230 valence electrons. The largest absolute Gasteiger partial charge is 0.454 e. The summed E-state index contributed by atoms with van der Waals surface area (Å²) >= 11 is 6.11. The average Bonchev–Trinajstić information content (AvgIpc) is 3.46. The number of fused-ring (bicyclic) bond motifs is 1. The van der Waals surface area contributed by atoms with E-state index in [0.717, 1.165) is 30.2 Å². The molecule has 4 rings (SSSR count). The first kappa shape index (κ1) is 32.2. The van der Waals surface area contributed by atoms with Gasteiger partial charge in [-0.2, -0.15) is 0 Å². The molecule has 0 fully saturated rings. The number of nitrogens with one attached hydrogen (secondary N) is 1. The summed E-state index contributed by atoms with van der Waals surface area (Å²) in [6.45, 7) is 2.92. The number of ether oxygens (including phenoxy) is 2. The van der Waals surface area contributed by atoms with E-state index < -0.39 is 16.1 Å². The zero-order valence-electron chi connectivity index (χ0n) is 24.5. The number of hydrogen-bond acceptors (Lipinski definition) is 6. The van der Waals surface area contributed by atoms with Crippen molar-refractivity contribution in [3.05, 3.63) is 88.9 Å². The van der Waals surface area contributed by atoms with Crippen LogP contribution >= 0.6 is 11.6 Å². The van der Waals surface area contributed by atoms with Crippen LogP contribution in [-0.2, 0) is 32.6 Å². The van der Waals surface area contributed by atoms with Gasteiger partial charge >= 0.3 is 0 Å². The number of benzene rings is 3. The van der Waals surface area contributed by atoms with Crippen molar-refractivity contribution < 1.29 is 27.5 Å². The molecule has 0 unspecified atom stereocenters. The first-order valence-corrected chi connectivity index (χ1v) is 16.6. The van der Waals surface area contributed by atoms with Crippen LogP contribution in [0.2, 0.25) is 5.02 Å². The van der Waals surface area contributed by atoms with E-state index in [1.54, 1.807) is 35.2 Å². The number of nitrogens with zero attached hydrogens (tertiary/aromatic N) is 2. The van der Waals surface area contributed by atoms with Crippen LogP contribution < -0.4 is 19.1 Å². The molecule has 0 spiro atoms. The number of amides is 2. The SMILES string of the molecule is CCCCNC(=O)[C@H](Cc1ccccc1)N(Cc1ccc(Cl)cc1)C(=O)CCCN(c1ccc2c(c1)OCO2)S(C)(=O)=O. The van der Waals surface area contributed by atoms with Crippen LogP contribution in [0.3, 0.4) is 0 Å². The van der Waals surface area contributed by atoms with Gasteiger partial charge in [0.1, 0.15) is 6.04 Å². The summed E-state index contributed by atoms with van der Waals surface area (Å²) in [5.41, 5.74) is 2.18. The minimum Gasteiger partial charge on any atom is -0.454 e. The Morgan fingerprint density at radius 1 is 0.953 bits per heavy atom. The summed E-state index contributed by atoms with van der Waals surface area (Å²) in [4.78, 5) is 29.1. The molecule has 1 aliphatic heterocycles. The highest BCUT2D eigenvalue weighted by atomic mass is 35.5. The van der Waals surface area contributed by atoms with E-state index in [-0.39, 0.29) is 44.5 Å². The van der Waals surface area contributed by atoms with Crippen molar-refractivity contribution in [1.82, 2.24) is 10.2 Å². The molecule has 0 saturated heterocycles. The molecule has 1 N–H and O–H groups in total. The van der Waals surface area contributed by atoms with Gasteiger partial charge in [0.15, 0.2) is 11.5 Å². The van der Waals surface area contributed by atoms with Crippen molar-refractivity contribution in [2.75, 3.05) is 30.4 Å². The van der Waals surface area contributed by atoms with Crippen LogP contribution in [0.1, 0.15) is 43.7 Å². The van der Waals surface area contributed by atoms with Crippen LogP contribution in [0.5, 0.6) is 11.5 Å². The van der Waals surface area contributed by atoms with E-state index in [1.807, 2.05) is 49.4 Å². The number of carbonyl (C=O) groups is 2. The number of unbranched alkanes of at least 4 members (excludes halogenated alkanes) is 1. The third-order valence-corrected chi connectivity index (χ3v) is 8.61. The molecule has 1 aliphatic rings. The smallest absolute Gasteiger partial charge is 0.243 e. The van der Waals surface area contributed by atoms with Crippen LogP contribution in [-0.4, -0.2) is 57.3 Å². The maximum absolute atomic E-state index is 13.9. The molecule has 1 atom stereocenters. The zero-order valence-corrected chi connectivity index (χ0v) is 26.1. The Morgan fingerprint density at radius 2 is 1.67 bits per heavy atom. The highest BCUT2D eigenvalue weighted by Crippen LogP contribution is 2.36. The number of halogens is 1. The zero-order chi connectivity index (χ0) is 30.8. The summed E-state index contributed by atoms with van der Waals surface area (Å²) in [6.07, 6.45) is 3.51. The predicted octanol–water partition coefficient (Wildman–Crippen LogP) is 5.17. The fraction of sp³-hybridized carbons (Fsp3) is 0.375. The molecule has 11 heteroatoms. The molecular formula is C32H38ClN3O6S. The van der Waals surface area contributed by atoms with Crippen LogP contribution in [0.15, 0.2) is 72.8 Å². The van der Waals surface area contributed by atoms with E-state index in [0.29, 0.717) is 35.2 Å². The lowest BCUT2D eigenvalue weighted by atomic mass is 10.0. The van der Waals surface area contributed by atoms with Gasteiger partial charge in [0.2, 0.25) is 28.6 Å². The minimum atomic E-state index is -3.65. The Kier molecular flexibility index (Phi) is 11.3. The highest BCUT2D eigenvalue weighted by Gasteiger charge is 2.30. The van der Waals surface area contributed by atoms with Gasteiger partial charge in [-0.3, -0.25) is 13.9 Å².